The summed E-state index contributed by atoms with van der Waals surface area (Å²) in [5.74, 6) is 0.0489. The number of carbonyl (C=O) groups excluding carboxylic acids is 1. The SMILES string of the molecule is COC(=O)c1ccnc(N2CCCC(C)(O)C2)c1N. The average molecular weight is 265 g/mol. The summed E-state index contributed by atoms with van der Waals surface area (Å²) < 4.78 is 4.69. The first kappa shape index (κ1) is 13.6. The normalized spacial score (nSPS) is 23.2. The van der Waals surface area contributed by atoms with Gasteiger partial charge in [-0.2, -0.15) is 0 Å². The number of methoxy groups -OCH3 is 1. The second-order valence-electron chi connectivity index (χ2n) is 5.11. The van der Waals surface area contributed by atoms with Crippen LogP contribution < -0.4 is 10.6 Å². The highest BCUT2D eigenvalue weighted by atomic mass is 16.5. The first-order valence-corrected chi connectivity index (χ1v) is 6.25. The minimum atomic E-state index is -0.756. The summed E-state index contributed by atoms with van der Waals surface area (Å²) in [5.41, 5.74) is 5.84. The zero-order valence-corrected chi connectivity index (χ0v) is 11.2. The third-order valence-corrected chi connectivity index (χ3v) is 3.35. The zero-order chi connectivity index (χ0) is 14.0. The highest BCUT2D eigenvalue weighted by molar-refractivity contribution is 5.97. The lowest BCUT2D eigenvalue weighted by Crippen LogP contribution is -2.46. The summed E-state index contributed by atoms with van der Waals surface area (Å²) >= 11 is 0. The van der Waals surface area contributed by atoms with E-state index in [9.17, 15) is 9.90 Å². The van der Waals surface area contributed by atoms with Crippen molar-refractivity contribution in [2.75, 3.05) is 30.8 Å². The second-order valence-corrected chi connectivity index (χ2v) is 5.11. The van der Waals surface area contributed by atoms with Gasteiger partial charge >= 0.3 is 5.97 Å². The average Bonchev–Trinajstić information content (AvgIpc) is 2.37. The molecule has 6 heteroatoms. The van der Waals surface area contributed by atoms with Crippen molar-refractivity contribution in [3.8, 4) is 0 Å². The number of hydrogen-bond donors (Lipinski definition) is 2. The maximum absolute atomic E-state index is 11.6. The maximum atomic E-state index is 11.6. The van der Waals surface area contributed by atoms with Gasteiger partial charge in [0.25, 0.3) is 0 Å². The first-order valence-electron chi connectivity index (χ1n) is 6.25. The summed E-state index contributed by atoms with van der Waals surface area (Å²) in [4.78, 5) is 17.7. The van der Waals surface area contributed by atoms with Crippen molar-refractivity contribution in [2.24, 2.45) is 0 Å². The third-order valence-electron chi connectivity index (χ3n) is 3.35. The van der Waals surface area contributed by atoms with E-state index in [2.05, 4.69) is 9.72 Å². The molecule has 1 aliphatic rings. The molecule has 1 aromatic rings. The number of hydrogen-bond acceptors (Lipinski definition) is 6. The number of piperidine rings is 1. The molecule has 1 fully saturated rings. The number of carbonyl (C=O) groups is 1. The topological polar surface area (TPSA) is 88.7 Å². The van der Waals surface area contributed by atoms with Crippen molar-refractivity contribution in [2.45, 2.75) is 25.4 Å². The zero-order valence-electron chi connectivity index (χ0n) is 11.2. The van der Waals surface area contributed by atoms with Crippen LogP contribution in [0.4, 0.5) is 11.5 Å². The number of β-amino-alcohol motifs (C(OH)–C–C–N with tert-alkyl or cyclic N) is 1. The van der Waals surface area contributed by atoms with Gasteiger partial charge in [0.2, 0.25) is 0 Å². The Bertz CT molecular complexity index is 488. The van der Waals surface area contributed by atoms with Gasteiger partial charge in [0, 0.05) is 19.3 Å². The molecule has 2 heterocycles. The van der Waals surface area contributed by atoms with Crippen LogP contribution in [-0.2, 0) is 4.74 Å². The lowest BCUT2D eigenvalue weighted by molar-refractivity contribution is 0.0447. The van der Waals surface area contributed by atoms with Gasteiger partial charge in [-0.3, -0.25) is 0 Å². The molecule has 1 aromatic heterocycles. The van der Waals surface area contributed by atoms with Crippen LogP contribution in [0.2, 0.25) is 0 Å². The molecule has 104 valence electrons. The van der Waals surface area contributed by atoms with E-state index in [4.69, 9.17) is 5.73 Å². The van der Waals surface area contributed by atoms with Crippen LogP contribution in [0.25, 0.3) is 0 Å². The minimum absolute atomic E-state index is 0.298. The van der Waals surface area contributed by atoms with E-state index >= 15 is 0 Å². The quantitative estimate of drug-likeness (QED) is 0.769. The van der Waals surface area contributed by atoms with E-state index in [1.54, 1.807) is 6.92 Å². The molecule has 1 atom stereocenters. The Morgan fingerprint density at radius 1 is 1.63 bits per heavy atom. The smallest absolute Gasteiger partial charge is 0.340 e. The number of esters is 1. The van der Waals surface area contributed by atoms with E-state index in [1.807, 2.05) is 4.90 Å². The monoisotopic (exact) mass is 265 g/mol. The fourth-order valence-electron chi connectivity index (χ4n) is 2.40. The van der Waals surface area contributed by atoms with Gasteiger partial charge in [0.05, 0.1) is 24.0 Å². The molecule has 0 aliphatic carbocycles. The van der Waals surface area contributed by atoms with Crippen LogP contribution in [0.3, 0.4) is 0 Å². The van der Waals surface area contributed by atoms with Crippen molar-refractivity contribution in [3.63, 3.8) is 0 Å². The van der Waals surface area contributed by atoms with Crippen LogP contribution >= 0.6 is 0 Å². The lowest BCUT2D eigenvalue weighted by atomic mass is 9.95. The van der Waals surface area contributed by atoms with Gasteiger partial charge in [-0.05, 0) is 25.8 Å². The van der Waals surface area contributed by atoms with E-state index in [0.29, 0.717) is 23.6 Å². The number of aromatic nitrogens is 1. The molecule has 3 N–H and O–H groups in total. The predicted molar refractivity (Wildman–Crippen MR) is 72.1 cm³/mol. The van der Waals surface area contributed by atoms with Crippen molar-refractivity contribution in [1.82, 2.24) is 4.98 Å². The Labute approximate surface area is 112 Å². The molecule has 0 bridgehead atoms. The highest BCUT2D eigenvalue weighted by Crippen LogP contribution is 2.29. The molecule has 0 saturated carbocycles. The predicted octanol–water partition coefficient (Wildman–Crippen LogP) is 0.802. The Morgan fingerprint density at radius 3 is 3.00 bits per heavy atom. The van der Waals surface area contributed by atoms with Crippen LogP contribution in [0, 0.1) is 0 Å². The third kappa shape index (κ3) is 2.78. The largest absolute Gasteiger partial charge is 0.465 e. The molecule has 6 nitrogen and oxygen atoms in total. The summed E-state index contributed by atoms with van der Waals surface area (Å²) in [6.07, 6.45) is 3.14. The first-order chi connectivity index (χ1) is 8.94. The molecular weight excluding hydrogens is 246 g/mol. The van der Waals surface area contributed by atoms with Gasteiger partial charge in [-0.1, -0.05) is 0 Å². The van der Waals surface area contributed by atoms with E-state index in [-0.39, 0.29) is 0 Å². The summed E-state index contributed by atoms with van der Waals surface area (Å²) in [5, 5.41) is 10.1. The molecule has 19 heavy (non-hydrogen) atoms. The fourth-order valence-corrected chi connectivity index (χ4v) is 2.40. The minimum Gasteiger partial charge on any atom is -0.465 e. The second kappa shape index (κ2) is 5.05. The summed E-state index contributed by atoms with van der Waals surface area (Å²) in [7, 11) is 1.31. The number of nitrogens with two attached hydrogens (primary N) is 1. The number of ether oxygens (including phenoxy) is 1. The van der Waals surface area contributed by atoms with Gasteiger partial charge in [0.1, 0.15) is 0 Å². The van der Waals surface area contributed by atoms with E-state index in [1.165, 1.54) is 19.4 Å². The van der Waals surface area contributed by atoms with Gasteiger partial charge < -0.3 is 20.5 Å². The fraction of sp³-hybridized carbons (Fsp3) is 0.538. The molecular formula is C13H19N3O3. The Hall–Kier alpha value is -1.82. The van der Waals surface area contributed by atoms with Crippen molar-refractivity contribution in [1.29, 1.82) is 0 Å². The molecule has 1 saturated heterocycles. The lowest BCUT2D eigenvalue weighted by Gasteiger charge is -2.38. The number of rotatable bonds is 2. The highest BCUT2D eigenvalue weighted by Gasteiger charge is 2.30. The summed E-state index contributed by atoms with van der Waals surface area (Å²) in [6.45, 7) is 3.01. The standard InChI is InChI=1S/C13H19N3O3/c1-13(18)5-3-7-16(8-13)11-10(14)9(4-6-15-11)12(17)19-2/h4,6,18H,3,5,7-8,14H2,1-2H3. The number of nitrogen functional groups attached to an aromatic ring is 1. The molecule has 0 aromatic carbocycles. The molecule has 0 amide bonds. The molecule has 2 rings (SSSR count). The Morgan fingerprint density at radius 2 is 2.37 bits per heavy atom. The molecule has 1 unspecified atom stereocenters. The molecule has 0 radical (unpaired) electrons. The number of anilines is 2. The van der Waals surface area contributed by atoms with Gasteiger partial charge in [0.15, 0.2) is 5.82 Å². The van der Waals surface area contributed by atoms with Crippen LogP contribution in [-0.4, -0.2) is 41.9 Å². The Kier molecular flexibility index (Phi) is 3.61. The number of pyridine rings is 1. The van der Waals surface area contributed by atoms with Crippen LogP contribution in [0.1, 0.15) is 30.1 Å². The van der Waals surface area contributed by atoms with Gasteiger partial charge in [-0.15, -0.1) is 0 Å². The van der Waals surface area contributed by atoms with Crippen LogP contribution in [0.5, 0.6) is 0 Å². The van der Waals surface area contributed by atoms with Crippen LogP contribution in [0.15, 0.2) is 12.3 Å². The summed E-state index contributed by atoms with van der Waals surface area (Å²) in [6, 6.07) is 1.53. The molecule has 0 spiro atoms. The maximum Gasteiger partial charge on any atom is 0.340 e. The van der Waals surface area contributed by atoms with Crippen molar-refractivity contribution < 1.29 is 14.6 Å². The van der Waals surface area contributed by atoms with Gasteiger partial charge in [-0.25, -0.2) is 9.78 Å². The number of aliphatic hydroxyl groups is 1. The number of nitrogens with zero attached hydrogens (tertiary/aromatic N) is 2. The molecule has 1 aliphatic heterocycles. The van der Waals surface area contributed by atoms with E-state index < -0.39 is 11.6 Å². The van der Waals surface area contributed by atoms with Crippen molar-refractivity contribution >= 4 is 17.5 Å². The van der Waals surface area contributed by atoms with Crippen molar-refractivity contribution in [3.05, 3.63) is 17.8 Å². The van der Waals surface area contributed by atoms with E-state index in [0.717, 1.165) is 19.4 Å². The Balaban J connectivity index is 2.32.